The molecule has 0 bridgehead atoms. The molecule has 1 aromatic rings. The maximum atomic E-state index is 11.5. The Balaban J connectivity index is 1.82. The molecule has 1 N–H and O–H groups in total. The third-order valence-electron chi connectivity index (χ3n) is 3.16. The molecule has 0 saturated carbocycles. The fraction of sp³-hybridized carbons (Fsp3) is 0.692. The molecule has 106 valence electrons. The van der Waals surface area contributed by atoms with E-state index in [1.54, 1.807) is 18.9 Å². The summed E-state index contributed by atoms with van der Waals surface area (Å²) in [7, 11) is 1.60. The number of piperidine rings is 1. The second-order valence-electron chi connectivity index (χ2n) is 4.73. The van der Waals surface area contributed by atoms with Gasteiger partial charge in [0.05, 0.1) is 12.3 Å². The highest BCUT2D eigenvalue weighted by atomic mass is 32.2. The molecule has 0 radical (unpaired) electrons. The van der Waals surface area contributed by atoms with Crippen LogP contribution in [0.4, 0.5) is 0 Å². The molecule has 0 unspecified atom stereocenters. The van der Waals surface area contributed by atoms with Crippen LogP contribution >= 0.6 is 11.8 Å². The number of aromatic amines is 1. The summed E-state index contributed by atoms with van der Waals surface area (Å²) in [5, 5.41) is 0.691. The third kappa shape index (κ3) is 4.97. The topological polar surface area (TPSA) is 58.2 Å². The van der Waals surface area contributed by atoms with Crippen LogP contribution in [0.5, 0.6) is 0 Å². The Labute approximate surface area is 117 Å². The van der Waals surface area contributed by atoms with Crippen molar-refractivity contribution in [1.82, 2.24) is 14.9 Å². The maximum Gasteiger partial charge on any atom is 0.251 e. The largest absolute Gasteiger partial charge is 0.378 e. The second kappa shape index (κ2) is 7.67. The average molecular weight is 283 g/mol. The number of hydrogen-bond acceptors (Lipinski definition) is 5. The third-order valence-corrected chi connectivity index (χ3v) is 4.01. The van der Waals surface area contributed by atoms with E-state index in [2.05, 4.69) is 14.9 Å². The molecule has 6 heteroatoms. The van der Waals surface area contributed by atoms with Gasteiger partial charge in [-0.2, -0.15) is 0 Å². The van der Waals surface area contributed by atoms with Crippen LogP contribution < -0.4 is 5.56 Å². The minimum absolute atomic E-state index is 0.109. The van der Waals surface area contributed by atoms with Crippen molar-refractivity contribution >= 4 is 11.8 Å². The first-order chi connectivity index (χ1) is 9.28. The highest BCUT2D eigenvalue weighted by Crippen LogP contribution is 2.14. The standard InChI is InChI=1S/C13H21N3O2S/c1-18-10-11-9-12(17)15-13(14-11)19-8-7-16-5-3-2-4-6-16/h9H,2-8,10H2,1H3,(H,14,15,17). The van der Waals surface area contributed by atoms with Crippen molar-refractivity contribution in [2.75, 3.05) is 32.5 Å². The zero-order valence-electron chi connectivity index (χ0n) is 11.4. The summed E-state index contributed by atoms with van der Waals surface area (Å²) in [4.78, 5) is 21.1. The SMILES string of the molecule is COCc1cc(=O)[nH]c(SCCN2CCCCC2)n1. The maximum absolute atomic E-state index is 11.5. The lowest BCUT2D eigenvalue weighted by atomic mass is 10.1. The van der Waals surface area contributed by atoms with Crippen molar-refractivity contribution in [3.05, 3.63) is 22.1 Å². The lowest BCUT2D eigenvalue weighted by molar-refractivity contribution is 0.180. The molecule has 0 atom stereocenters. The molecular formula is C13H21N3O2S. The fourth-order valence-corrected chi connectivity index (χ4v) is 3.13. The Kier molecular flexibility index (Phi) is 5.88. The summed E-state index contributed by atoms with van der Waals surface area (Å²) >= 11 is 1.60. The van der Waals surface area contributed by atoms with E-state index in [0.717, 1.165) is 12.3 Å². The first kappa shape index (κ1) is 14.6. The monoisotopic (exact) mass is 283 g/mol. The molecule has 0 aromatic carbocycles. The van der Waals surface area contributed by atoms with Gasteiger partial charge in [-0.1, -0.05) is 18.2 Å². The Hall–Kier alpha value is -0.850. The second-order valence-corrected chi connectivity index (χ2v) is 5.81. The van der Waals surface area contributed by atoms with Crippen LogP contribution in [0.2, 0.25) is 0 Å². The molecule has 2 heterocycles. The Bertz CT molecular complexity index is 444. The number of rotatable bonds is 6. The number of nitrogens with one attached hydrogen (secondary N) is 1. The molecule has 0 amide bonds. The highest BCUT2D eigenvalue weighted by Gasteiger charge is 2.10. The number of thioether (sulfide) groups is 1. The van der Waals surface area contributed by atoms with E-state index in [4.69, 9.17) is 4.74 Å². The van der Waals surface area contributed by atoms with Gasteiger partial charge >= 0.3 is 0 Å². The van der Waals surface area contributed by atoms with Gasteiger partial charge in [0.15, 0.2) is 5.16 Å². The minimum atomic E-state index is -0.109. The van der Waals surface area contributed by atoms with Gasteiger partial charge in [0.2, 0.25) is 0 Å². The summed E-state index contributed by atoms with van der Waals surface area (Å²) in [5.74, 6) is 0.958. The normalized spacial score (nSPS) is 16.7. The van der Waals surface area contributed by atoms with Crippen LogP contribution in [0.15, 0.2) is 16.0 Å². The molecule has 1 aliphatic heterocycles. The van der Waals surface area contributed by atoms with Crippen LogP contribution in [0, 0.1) is 0 Å². The smallest absolute Gasteiger partial charge is 0.251 e. The summed E-state index contributed by atoms with van der Waals surface area (Å²) < 4.78 is 5.00. The Morgan fingerprint density at radius 3 is 2.95 bits per heavy atom. The molecular weight excluding hydrogens is 262 g/mol. The van der Waals surface area contributed by atoms with E-state index in [1.807, 2.05) is 0 Å². The Morgan fingerprint density at radius 1 is 1.42 bits per heavy atom. The zero-order valence-corrected chi connectivity index (χ0v) is 12.2. The fourth-order valence-electron chi connectivity index (χ4n) is 2.23. The summed E-state index contributed by atoms with van der Waals surface area (Å²) in [6.07, 6.45) is 3.98. The molecule has 19 heavy (non-hydrogen) atoms. The van der Waals surface area contributed by atoms with Crippen molar-refractivity contribution in [2.24, 2.45) is 0 Å². The lowest BCUT2D eigenvalue weighted by Gasteiger charge is -2.25. The molecule has 5 nitrogen and oxygen atoms in total. The highest BCUT2D eigenvalue weighted by molar-refractivity contribution is 7.99. The quantitative estimate of drug-likeness (QED) is 0.633. The van der Waals surface area contributed by atoms with Gasteiger partial charge in [0, 0.05) is 25.5 Å². The van der Waals surface area contributed by atoms with Gasteiger partial charge in [0.1, 0.15) is 0 Å². The molecule has 0 aliphatic carbocycles. The van der Waals surface area contributed by atoms with Crippen molar-refractivity contribution in [1.29, 1.82) is 0 Å². The van der Waals surface area contributed by atoms with Crippen molar-refractivity contribution in [2.45, 2.75) is 31.0 Å². The number of likely N-dealkylation sites (tertiary alicyclic amines) is 1. The lowest BCUT2D eigenvalue weighted by Crippen LogP contribution is -2.31. The van der Waals surface area contributed by atoms with Crippen LogP contribution in [0.25, 0.3) is 0 Å². The van der Waals surface area contributed by atoms with Gasteiger partial charge in [-0.15, -0.1) is 0 Å². The van der Waals surface area contributed by atoms with Crippen molar-refractivity contribution < 1.29 is 4.74 Å². The average Bonchev–Trinajstić information content (AvgIpc) is 2.40. The van der Waals surface area contributed by atoms with Crippen LogP contribution in [-0.4, -0.2) is 47.4 Å². The molecule has 2 rings (SSSR count). The summed E-state index contributed by atoms with van der Waals surface area (Å²) in [6, 6.07) is 1.48. The number of ether oxygens (including phenoxy) is 1. The van der Waals surface area contributed by atoms with E-state index in [9.17, 15) is 4.79 Å². The van der Waals surface area contributed by atoms with Gasteiger partial charge in [-0.25, -0.2) is 4.98 Å². The molecule has 1 saturated heterocycles. The molecule has 1 aromatic heterocycles. The summed E-state index contributed by atoms with van der Waals surface area (Å²) in [6.45, 7) is 3.84. The number of hydrogen-bond donors (Lipinski definition) is 1. The van der Waals surface area contributed by atoms with Crippen LogP contribution in [0.3, 0.4) is 0 Å². The molecule has 1 aliphatic rings. The van der Waals surface area contributed by atoms with Gasteiger partial charge in [-0.3, -0.25) is 4.79 Å². The van der Waals surface area contributed by atoms with E-state index in [1.165, 1.54) is 38.4 Å². The van der Waals surface area contributed by atoms with Gasteiger partial charge in [0.25, 0.3) is 5.56 Å². The number of methoxy groups -OCH3 is 1. The zero-order chi connectivity index (χ0) is 13.5. The van der Waals surface area contributed by atoms with Gasteiger partial charge < -0.3 is 14.6 Å². The number of nitrogens with zero attached hydrogens (tertiary/aromatic N) is 2. The van der Waals surface area contributed by atoms with Gasteiger partial charge in [-0.05, 0) is 25.9 Å². The van der Waals surface area contributed by atoms with E-state index in [0.29, 0.717) is 17.5 Å². The van der Waals surface area contributed by atoms with E-state index < -0.39 is 0 Å². The van der Waals surface area contributed by atoms with Crippen molar-refractivity contribution in [3.8, 4) is 0 Å². The van der Waals surface area contributed by atoms with E-state index in [-0.39, 0.29) is 5.56 Å². The molecule has 0 spiro atoms. The van der Waals surface area contributed by atoms with Crippen LogP contribution in [0.1, 0.15) is 25.0 Å². The molecule has 1 fully saturated rings. The first-order valence-electron chi connectivity index (χ1n) is 6.72. The first-order valence-corrected chi connectivity index (χ1v) is 7.71. The number of aromatic nitrogens is 2. The summed E-state index contributed by atoms with van der Waals surface area (Å²) in [5.41, 5.74) is 0.578. The number of H-pyrrole nitrogens is 1. The Morgan fingerprint density at radius 2 is 2.21 bits per heavy atom. The predicted molar refractivity (Wildman–Crippen MR) is 76.6 cm³/mol. The predicted octanol–water partition coefficient (Wildman–Crippen LogP) is 1.49. The van der Waals surface area contributed by atoms with Crippen LogP contribution in [-0.2, 0) is 11.3 Å². The minimum Gasteiger partial charge on any atom is -0.378 e. The van der Waals surface area contributed by atoms with E-state index >= 15 is 0 Å². The van der Waals surface area contributed by atoms with Crippen molar-refractivity contribution in [3.63, 3.8) is 0 Å².